The minimum Gasteiger partial charge on any atom is -0.390 e. The van der Waals surface area contributed by atoms with E-state index in [1.807, 2.05) is 46.0 Å². The summed E-state index contributed by atoms with van der Waals surface area (Å²) in [6, 6.07) is 17.7. The third-order valence-electron chi connectivity index (χ3n) is 6.68. The minimum atomic E-state index is -0.354. The topological polar surface area (TPSA) is 83.5 Å². The second-order valence-electron chi connectivity index (χ2n) is 10.3. The monoisotopic (exact) mass is 471 g/mol. The first-order chi connectivity index (χ1) is 16.7. The lowest BCUT2D eigenvalue weighted by Crippen LogP contribution is -2.38. The molecule has 7 heteroatoms. The Labute approximate surface area is 206 Å². The van der Waals surface area contributed by atoms with Gasteiger partial charge in [-0.2, -0.15) is 5.26 Å². The molecule has 0 radical (unpaired) electrons. The van der Waals surface area contributed by atoms with E-state index in [1.165, 1.54) is 0 Å². The highest BCUT2D eigenvalue weighted by molar-refractivity contribution is 6.02. The van der Waals surface area contributed by atoms with E-state index in [2.05, 4.69) is 33.2 Å². The first-order valence-corrected chi connectivity index (χ1v) is 12.1. The van der Waals surface area contributed by atoms with Gasteiger partial charge in [-0.15, -0.1) is 0 Å². The van der Waals surface area contributed by atoms with Crippen molar-refractivity contribution in [2.45, 2.75) is 58.1 Å². The molecule has 2 heterocycles. The normalized spacial score (nSPS) is 18.8. The Morgan fingerprint density at radius 2 is 1.83 bits per heavy atom. The molecule has 4 rings (SSSR count). The highest BCUT2D eigenvalue weighted by atomic mass is 16.6. The van der Waals surface area contributed by atoms with Crippen LogP contribution in [0.3, 0.4) is 0 Å². The maximum absolute atomic E-state index is 12.7. The number of aryl methyl sites for hydroxylation is 1. The van der Waals surface area contributed by atoms with Crippen LogP contribution in [0.5, 0.6) is 0 Å². The van der Waals surface area contributed by atoms with Crippen molar-refractivity contribution in [1.82, 2.24) is 9.55 Å². The number of oxime groups is 1. The maximum Gasteiger partial charge on any atom is 0.252 e. The van der Waals surface area contributed by atoms with Crippen LogP contribution < -0.4 is 10.5 Å². The molecule has 0 atom stereocenters. The van der Waals surface area contributed by atoms with E-state index in [1.54, 1.807) is 29.8 Å². The van der Waals surface area contributed by atoms with Crippen LogP contribution in [0.15, 0.2) is 58.5 Å². The molecule has 0 saturated heterocycles. The van der Waals surface area contributed by atoms with Crippen LogP contribution in [-0.2, 0) is 11.9 Å². The summed E-state index contributed by atoms with van der Waals surface area (Å²) in [7, 11) is 3.76. The Hall–Kier alpha value is -3.66. The molecule has 1 fully saturated rings. The zero-order valence-electron chi connectivity index (χ0n) is 21.2. The highest BCUT2D eigenvalue weighted by Crippen LogP contribution is 2.34. The molecule has 2 aromatic heterocycles. The van der Waals surface area contributed by atoms with Crippen molar-refractivity contribution in [3.63, 3.8) is 0 Å². The number of anilines is 1. The van der Waals surface area contributed by atoms with Gasteiger partial charge in [0.2, 0.25) is 0 Å². The number of nitrogens with zero attached hydrogens (tertiary/aromatic N) is 5. The summed E-state index contributed by atoms with van der Waals surface area (Å²) >= 11 is 0. The van der Waals surface area contributed by atoms with E-state index in [4.69, 9.17) is 4.84 Å². The first kappa shape index (κ1) is 24.5. The molecule has 1 saturated carbocycles. The molecule has 1 aliphatic carbocycles. The number of rotatable bonds is 5. The molecule has 0 amide bonds. The Morgan fingerprint density at radius 3 is 2.46 bits per heavy atom. The summed E-state index contributed by atoms with van der Waals surface area (Å²) in [5.74, 6) is 0.299. The van der Waals surface area contributed by atoms with Gasteiger partial charge in [0.05, 0.1) is 16.9 Å². The predicted molar refractivity (Wildman–Crippen MR) is 140 cm³/mol. The lowest BCUT2D eigenvalue weighted by atomic mass is 9.80. The van der Waals surface area contributed by atoms with Crippen LogP contribution >= 0.6 is 0 Å². The number of hydrogen-bond donors (Lipinski definition) is 0. The van der Waals surface area contributed by atoms with Crippen molar-refractivity contribution in [1.29, 1.82) is 5.26 Å². The van der Waals surface area contributed by atoms with Gasteiger partial charge in [0.1, 0.15) is 22.9 Å². The summed E-state index contributed by atoms with van der Waals surface area (Å²) in [6.07, 6.45) is 3.85. The second kappa shape index (κ2) is 9.91. The number of hydrogen-bond acceptors (Lipinski definition) is 6. The van der Waals surface area contributed by atoms with Crippen molar-refractivity contribution < 1.29 is 4.84 Å². The van der Waals surface area contributed by atoms with Gasteiger partial charge in [0.15, 0.2) is 0 Å². The lowest BCUT2D eigenvalue weighted by molar-refractivity contribution is -0.0000286. The standard InChI is InChI=1S/C28H33N5O2/c1-28(2,3)35-31-26(19-9-7-6-8-10-19)20-11-14-22(15-12-20)32(4)24-17-25(34)33(5)23-16-13-21(18-29)30-27(23)24/h6-10,13,16-17,20,22H,11-12,14-15H2,1-5H3/t20-,22-. The third-order valence-corrected chi connectivity index (χ3v) is 6.68. The number of pyridine rings is 2. The molecular weight excluding hydrogens is 438 g/mol. The summed E-state index contributed by atoms with van der Waals surface area (Å²) in [6.45, 7) is 6.02. The number of nitriles is 1. The largest absolute Gasteiger partial charge is 0.390 e. The molecular formula is C28H33N5O2. The van der Waals surface area contributed by atoms with Crippen molar-refractivity contribution in [2.24, 2.45) is 18.1 Å². The molecule has 0 N–H and O–H groups in total. The fraction of sp³-hybridized carbons (Fsp3) is 0.429. The van der Waals surface area contributed by atoms with Gasteiger partial charge in [0.25, 0.3) is 5.56 Å². The minimum absolute atomic E-state index is 0.0858. The molecule has 0 spiro atoms. The van der Waals surface area contributed by atoms with Gasteiger partial charge >= 0.3 is 0 Å². The van der Waals surface area contributed by atoms with Crippen LogP contribution in [0.25, 0.3) is 11.0 Å². The SMILES string of the molecule is Cn1c(=O)cc(N(C)[C@H]2CC[C@H](C(=NOC(C)(C)C)c3ccccc3)CC2)c2nc(C#N)ccc21. The fourth-order valence-corrected chi connectivity index (χ4v) is 4.73. The maximum atomic E-state index is 12.7. The average molecular weight is 472 g/mol. The summed E-state index contributed by atoms with van der Waals surface area (Å²) in [4.78, 5) is 25.2. The van der Waals surface area contributed by atoms with Crippen LogP contribution in [0.4, 0.5) is 5.69 Å². The van der Waals surface area contributed by atoms with E-state index < -0.39 is 0 Å². The summed E-state index contributed by atoms with van der Waals surface area (Å²) < 4.78 is 1.58. The van der Waals surface area contributed by atoms with Gasteiger partial charge in [-0.25, -0.2) is 4.98 Å². The average Bonchev–Trinajstić information content (AvgIpc) is 2.86. The van der Waals surface area contributed by atoms with Crippen LogP contribution in [0.2, 0.25) is 0 Å². The van der Waals surface area contributed by atoms with Gasteiger partial charge in [-0.3, -0.25) is 4.79 Å². The lowest BCUT2D eigenvalue weighted by Gasteiger charge is -2.36. The molecule has 1 aliphatic rings. The first-order valence-electron chi connectivity index (χ1n) is 12.1. The summed E-state index contributed by atoms with van der Waals surface area (Å²) in [5.41, 5.74) is 4.19. The van der Waals surface area contributed by atoms with Gasteiger partial charge in [-0.1, -0.05) is 35.5 Å². The Balaban J connectivity index is 1.59. The molecule has 7 nitrogen and oxygen atoms in total. The number of fused-ring (bicyclic) bond motifs is 1. The third kappa shape index (κ3) is 5.37. The van der Waals surface area contributed by atoms with Crippen molar-refractivity contribution in [2.75, 3.05) is 11.9 Å². The number of benzene rings is 1. The molecule has 1 aromatic carbocycles. The second-order valence-corrected chi connectivity index (χ2v) is 10.3. The van der Waals surface area contributed by atoms with Crippen LogP contribution in [0.1, 0.15) is 57.7 Å². The zero-order chi connectivity index (χ0) is 25.2. The fourth-order valence-electron chi connectivity index (χ4n) is 4.73. The summed E-state index contributed by atoms with van der Waals surface area (Å²) in [5, 5.41) is 14.0. The van der Waals surface area contributed by atoms with E-state index in [0.717, 1.165) is 48.2 Å². The molecule has 35 heavy (non-hydrogen) atoms. The smallest absolute Gasteiger partial charge is 0.252 e. The Bertz CT molecular complexity index is 1320. The molecule has 0 unspecified atom stereocenters. The van der Waals surface area contributed by atoms with E-state index >= 15 is 0 Å². The van der Waals surface area contributed by atoms with Crippen molar-refractivity contribution in [3.8, 4) is 6.07 Å². The Morgan fingerprint density at radius 1 is 1.14 bits per heavy atom. The van der Waals surface area contributed by atoms with E-state index in [0.29, 0.717) is 17.1 Å². The molecule has 0 bridgehead atoms. The molecule has 3 aromatic rings. The molecule has 0 aliphatic heterocycles. The predicted octanol–water partition coefficient (Wildman–Crippen LogP) is 5.02. The van der Waals surface area contributed by atoms with Crippen LogP contribution in [-0.4, -0.2) is 34.0 Å². The Kier molecular flexibility index (Phi) is 6.93. The van der Waals surface area contributed by atoms with Crippen molar-refractivity contribution >= 4 is 22.4 Å². The van der Waals surface area contributed by atoms with Gasteiger partial charge in [-0.05, 0) is 64.2 Å². The molecule has 182 valence electrons. The van der Waals surface area contributed by atoms with Gasteiger partial charge in [0, 0.05) is 32.1 Å². The van der Waals surface area contributed by atoms with E-state index in [9.17, 15) is 10.1 Å². The highest BCUT2D eigenvalue weighted by Gasteiger charge is 2.30. The zero-order valence-corrected chi connectivity index (χ0v) is 21.2. The van der Waals surface area contributed by atoms with E-state index in [-0.39, 0.29) is 17.2 Å². The number of aromatic nitrogens is 2. The van der Waals surface area contributed by atoms with Gasteiger partial charge < -0.3 is 14.3 Å². The van der Waals surface area contributed by atoms with Crippen molar-refractivity contribution in [3.05, 3.63) is 70.1 Å². The van der Waals surface area contributed by atoms with Crippen LogP contribution in [0, 0.1) is 17.2 Å². The quantitative estimate of drug-likeness (QED) is 0.385.